The minimum atomic E-state index is 0.727. The largest absolute Gasteiger partial charge is 0.357 e. The predicted molar refractivity (Wildman–Crippen MR) is 106 cm³/mol. The summed E-state index contributed by atoms with van der Waals surface area (Å²) in [5.74, 6) is 2.44. The molecule has 0 saturated carbocycles. The second-order valence-corrected chi connectivity index (χ2v) is 8.16. The van der Waals surface area contributed by atoms with Gasteiger partial charge < -0.3 is 10.6 Å². The van der Waals surface area contributed by atoms with E-state index in [0.717, 1.165) is 44.0 Å². The first kappa shape index (κ1) is 19.3. The maximum Gasteiger partial charge on any atom is 0.191 e. The summed E-state index contributed by atoms with van der Waals surface area (Å²) in [5.41, 5.74) is 0. The fourth-order valence-corrected chi connectivity index (χ4v) is 3.74. The van der Waals surface area contributed by atoms with Crippen LogP contribution in [0.2, 0.25) is 0 Å². The van der Waals surface area contributed by atoms with Gasteiger partial charge in [0.05, 0.1) is 0 Å². The highest BCUT2D eigenvalue weighted by Crippen LogP contribution is 2.20. The maximum atomic E-state index is 4.81. The molecule has 0 aliphatic carbocycles. The van der Waals surface area contributed by atoms with Gasteiger partial charge in [-0.25, -0.2) is 0 Å². The Hall–Kier alpha value is -1.07. The predicted octanol–water partition coefficient (Wildman–Crippen LogP) is 3.56. The van der Waals surface area contributed by atoms with Crippen LogP contribution in [0.5, 0.6) is 0 Å². The molecule has 0 atom stereocenters. The Morgan fingerprint density at radius 3 is 2.75 bits per heavy atom. The fourth-order valence-electron chi connectivity index (χ4n) is 2.99. The zero-order valence-electron chi connectivity index (χ0n) is 15.6. The molecule has 1 saturated heterocycles. The molecule has 5 heteroatoms. The van der Waals surface area contributed by atoms with Crippen LogP contribution >= 0.6 is 11.3 Å². The highest BCUT2D eigenvalue weighted by atomic mass is 32.1. The highest BCUT2D eigenvalue weighted by Gasteiger charge is 2.19. The summed E-state index contributed by atoms with van der Waals surface area (Å²) in [4.78, 5) is 8.88. The molecular weight excluding hydrogens is 316 g/mol. The average molecular weight is 351 g/mol. The number of likely N-dealkylation sites (tertiary alicyclic amines) is 1. The number of piperidine rings is 1. The van der Waals surface area contributed by atoms with E-state index in [2.05, 4.69) is 53.8 Å². The molecule has 1 fully saturated rings. The van der Waals surface area contributed by atoms with E-state index in [4.69, 9.17) is 4.99 Å². The van der Waals surface area contributed by atoms with E-state index in [1.807, 2.05) is 11.3 Å². The van der Waals surface area contributed by atoms with Gasteiger partial charge in [-0.1, -0.05) is 19.9 Å². The summed E-state index contributed by atoms with van der Waals surface area (Å²) in [6.07, 6.45) is 3.71. The molecule has 0 amide bonds. The second kappa shape index (κ2) is 10.7. The molecule has 24 heavy (non-hydrogen) atoms. The number of nitrogens with one attached hydrogen (secondary N) is 2. The van der Waals surface area contributed by atoms with E-state index < -0.39 is 0 Å². The van der Waals surface area contributed by atoms with Gasteiger partial charge >= 0.3 is 0 Å². The molecule has 136 valence electrons. The van der Waals surface area contributed by atoms with E-state index >= 15 is 0 Å². The third kappa shape index (κ3) is 7.22. The number of aliphatic imine (C=N–C) groups is 1. The van der Waals surface area contributed by atoms with Crippen LogP contribution in [0.15, 0.2) is 22.5 Å². The van der Waals surface area contributed by atoms with Gasteiger partial charge in [0, 0.05) is 31.1 Å². The second-order valence-electron chi connectivity index (χ2n) is 7.13. The topological polar surface area (TPSA) is 39.7 Å². The van der Waals surface area contributed by atoms with E-state index in [1.165, 1.54) is 37.2 Å². The van der Waals surface area contributed by atoms with Crippen molar-refractivity contribution in [1.29, 1.82) is 0 Å². The van der Waals surface area contributed by atoms with Crippen molar-refractivity contribution in [3.8, 4) is 0 Å². The van der Waals surface area contributed by atoms with Crippen molar-refractivity contribution >= 4 is 17.3 Å². The lowest BCUT2D eigenvalue weighted by Gasteiger charge is -2.31. The molecule has 1 aliphatic heterocycles. The summed E-state index contributed by atoms with van der Waals surface area (Å²) in [7, 11) is 0. The molecule has 0 unspecified atom stereocenters. The monoisotopic (exact) mass is 350 g/mol. The summed E-state index contributed by atoms with van der Waals surface area (Å²) < 4.78 is 0. The van der Waals surface area contributed by atoms with E-state index in [-0.39, 0.29) is 0 Å². The van der Waals surface area contributed by atoms with Crippen LogP contribution in [-0.4, -0.2) is 43.6 Å². The van der Waals surface area contributed by atoms with Crippen molar-refractivity contribution in [2.45, 2.75) is 46.6 Å². The molecule has 4 nitrogen and oxygen atoms in total. The minimum Gasteiger partial charge on any atom is -0.357 e. The third-order valence-corrected chi connectivity index (χ3v) is 5.39. The van der Waals surface area contributed by atoms with Gasteiger partial charge in [-0.05, 0) is 62.6 Å². The summed E-state index contributed by atoms with van der Waals surface area (Å²) in [5, 5.41) is 9.00. The van der Waals surface area contributed by atoms with Crippen molar-refractivity contribution < 1.29 is 0 Å². The highest BCUT2D eigenvalue weighted by molar-refractivity contribution is 7.09. The normalized spacial score (nSPS) is 17.4. The van der Waals surface area contributed by atoms with Gasteiger partial charge in [0.2, 0.25) is 0 Å². The number of hydrogen-bond acceptors (Lipinski definition) is 3. The molecule has 1 aromatic heterocycles. The van der Waals surface area contributed by atoms with Crippen LogP contribution in [0, 0.1) is 11.8 Å². The van der Waals surface area contributed by atoms with E-state index in [9.17, 15) is 0 Å². The van der Waals surface area contributed by atoms with Crippen molar-refractivity contribution in [3.63, 3.8) is 0 Å². The van der Waals surface area contributed by atoms with Crippen LogP contribution in [0.1, 0.15) is 44.9 Å². The Balaban J connectivity index is 1.70. The minimum absolute atomic E-state index is 0.727. The van der Waals surface area contributed by atoms with Crippen molar-refractivity contribution in [3.05, 3.63) is 22.4 Å². The van der Waals surface area contributed by atoms with Gasteiger partial charge in [0.15, 0.2) is 5.96 Å². The van der Waals surface area contributed by atoms with Crippen molar-refractivity contribution in [2.75, 3.05) is 32.7 Å². The first-order chi connectivity index (χ1) is 11.7. The Bertz CT molecular complexity index is 462. The number of thiophene rings is 1. The number of guanidine groups is 1. The quantitative estimate of drug-likeness (QED) is 0.556. The lowest BCUT2D eigenvalue weighted by Crippen LogP contribution is -2.39. The molecule has 1 aromatic rings. The van der Waals surface area contributed by atoms with Crippen LogP contribution in [0.3, 0.4) is 0 Å². The van der Waals surface area contributed by atoms with Gasteiger partial charge in [-0.2, -0.15) is 0 Å². The molecule has 2 N–H and O–H groups in total. The third-order valence-electron chi connectivity index (χ3n) is 4.53. The summed E-state index contributed by atoms with van der Waals surface area (Å²) >= 11 is 1.87. The number of rotatable bonds is 8. The van der Waals surface area contributed by atoms with E-state index in [1.54, 1.807) is 0 Å². The Morgan fingerprint density at radius 1 is 1.33 bits per heavy atom. The molecule has 2 heterocycles. The number of hydrogen-bond donors (Lipinski definition) is 2. The Morgan fingerprint density at radius 2 is 2.12 bits per heavy atom. The lowest BCUT2D eigenvalue weighted by atomic mass is 9.97. The fraction of sp³-hybridized carbons (Fsp3) is 0.737. The van der Waals surface area contributed by atoms with Gasteiger partial charge in [0.1, 0.15) is 0 Å². The molecule has 2 rings (SSSR count). The SMILES string of the molecule is CCNC(=NCC1CCN(Cc2cccs2)CC1)NCCC(C)C. The Labute approximate surface area is 151 Å². The first-order valence-corrected chi connectivity index (χ1v) is 10.3. The lowest BCUT2D eigenvalue weighted by molar-refractivity contribution is 0.182. The average Bonchev–Trinajstić information content (AvgIpc) is 3.06. The first-order valence-electron chi connectivity index (χ1n) is 9.44. The zero-order chi connectivity index (χ0) is 17.2. The van der Waals surface area contributed by atoms with Crippen LogP contribution < -0.4 is 10.6 Å². The van der Waals surface area contributed by atoms with Gasteiger partial charge in [-0.3, -0.25) is 9.89 Å². The zero-order valence-corrected chi connectivity index (χ0v) is 16.4. The molecule has 0 radical (unpaired) electrons. The summed E-state index contributed by atoms with van der Waals surface area (Å²) in [6, 6.07) is 4.39. The molecular formula is C19H34N4S. The van der Waals surface area contributed by atoms with Crippen LogP contribution in [0.4, 0.5) is 0 Å². The standard InChI is InChI=1S/C19H34N4S/c1-4-20-19(21-10-7-16(2)3)22-14-17-8-11-23(12-9-17)15-18-6-5-13-24-18/h5-6,13,16-17H,4,7-12,14-15H2,1-3H3,(H2,20,21,22). The molecule has 0 aromatic carbocycles. The smallest absolute Gasteiger partial charge is 0.191 e. The van der Waals surface area contributed by atoms with E-state index in [0.29, 0.717) is 0 Å². The molecule has 0 bridgehead atoms. The Kier molecular flexibility index (Phi) is 8.60. The molecule has 1 aliphatic rings. The van der Waals surface area contributed by atoms with Gasteiger partial charge in [-0.15, -0.1) is 11.3 Å². The van der Waals surface area contributed by atoms with Crippen molar-refractivity contribution in [2.24, 2.45) is 16.8 Å². The van der Waals surface area contributed by atoms with Gasteiger partial charge in [0.25, 0.3) is 0 Å². The summed E-state index contributed by atoms with van der Waals surface area (Å²) in [6.45, 7) is 13.0. The van der Waals surface area contributed by atoms with Crippen molar-refractivity contribution in [1.82, 2.24) is 15.5 Å². The molecule has 0 spiro atoms. The number of nitrogens with zero attached hydrogens (tertiary/aromatic N) is 2. The maximum absolute atomic E-state index is 4.81. The van der Waals surface area contributed by atoms with Crippen LogP contribution in [-0.2, 0) is 6.54 Å². The van der Waals surface area contributed by atoms with Crippen LogP contribution in [0.25, 0.3) is 0 Å².